The topological polar surface area (TPSA) is 58.1 Å². The van der Waals surface area contributed by atoms with Crippen LogP contribution in [0.2, 0.25) is 0 Å². The van der Waals surface area contributed by atoms with Gasteiger partial charge in [0.2, 0.25) is 0 Å². The molecule has 2 unspecified atom stereocenters. The first-order chi connectivity index (χ1) is 13.0. The first-order valence-electron chi connectivity index (χ1n) is 9.71. The van der Waals surface area contributed by atoms with E-state index in [2.05, 4.69) is 22.5 Å². The van der Waals surface area contributed by atoms with Gasteiger partial charge in [-0.15, -0.1) is 24.0 Å². The number of rotatable bonds is 8. The van der Waals surface area contributed by atoms with Crippen LogP contribution in [-0.4, -0.2) is 63.9 Å². The van der Waals surface area contributed by atoms with Crippen molar-refractivity contribution in [3.8, 4) is 5.75 Å². The molecular weight excluding hydrogens is 474 g/mol. The normalized spacial score (nSPS) is 17.4. The second kappa shape index (κ2) is 13.2. The molecule has 1 aromatic carbocycles. The first-order valence-corrected chi connectivity index (χ1v) is 9.71. The molecule has 1 fully saturated rings. The fraction of sp³-hybridized carbons (Fsp3) is 0.650. The Labute approximate surface area is 185 Å². The van der Waals surface area contributed by atoms with E-state index in [0.29, 0.717) is 5.92 Å². The predicted molar refractivity (Wildman–Crippen MR) is 122 cm³/mol. The zero-order valence-electron chi connectivity index (χ0n) is 17.3. The molecule has 0 aliphatic carbocycles. The van der Waals surface area contributed by atoms with Crippen molar-refractivity contribution in [2.24, 2.45) is 10.9 Å². The summed E-state index contributed by atoms with van der Waals surface area (Å²) in [6, 6.07) is 4.94. The van der Waals surface area contributed by atoms with Gasteiger partial charge in [-0.25, -0.2) is 4.39 Å². The largest absolute Gasteiger partial charge is 0.494 e. The lowest BCUT2D eigenvalue weighted by atomic mass is 10.1. The van der Waals surface area contributed by atoms with E-state index in [1.165, 1.54) is 13.2 Å². The molecule has 1 aromatic rings. The van der Waals surface area contributed by atoms with Crippen molar-refractivity contribution < 1.29 is 13.9 Å². The lowest BCUT2D eigenvalue weighted by Gasteiger charge is -2.28. The van der Waals surface area contributed by atoms with E-state index in [9.17, 15) is 4.39 Å². The van der Waals surface area contributed by atoms with Gasteiger partial charge in [0, 0.05) is 32.7 Å². The summed E-state index contributed by atoms with van der Waals surface area (Å²) in [6.45, 7) is 12.4. The van der Waals surface area contributed by atoms with Crippen molar-refractivity contribution in [3.05, 3.63) is 29.6 Å². The molecule has 2 atom stereocenters. The van der Waals surface area contributed by atoms with Crippen molar-refractivity contribution in [1.82, 2.24) is 15.5 Å². The van der Waals surface area contributed by atoms with Crippen molar-refractivity contribution in [2.45, 2.75) is 26.8 Å². The maximum atomic E-state index is 14.0. The van der Waals surface area contributed by atoms with Gasteiger partial charge in [0.05, 0.1) is 26.4 Å². The van der Waals surface area contributed by atoms with Gasteiger partial charge in [-0.05, 0) is 37.5 Å². The number of nitrogens with one attached hydrogen (secondary N) is 2. The second-order valence-electron chi connectivity index (χ2n) is 7.00. The number of benzene rings is 1. The molecule has 28 heavy (non-hydrogen) atoms. The average molecular weight is 508 g/mol. The minimum absolute atomic E-state index is 0. The van der Waals surface area contributed by atoms with Gasteiger partial charge in [0.1, 0.15) is 0 Å². The maximum Gasteiger partial charge on any atom is 0.191 e. The Hall–Kier alpha value is -1.13. The van der Waals surface area contributed by atoms with Crippen LogP contribution >= 0.6 is 24.0 Å². The Morgan fingerprint density at radius 2 is 2.04 bits per heavy atom. The molecule has 0 spiro atoms. The molecule has 0 saturated carbocycles. The van der Waals surface area contributed by atoms with E-state index >= 15 is 0 Å². The molecule has 1 aliphatic heterocycles. The summed E-state index contributed by atoms with van der Waals surface area (Å²) in [5.74, 6) is 1.09. The maximum absolute atomic E-state index is 14.0. The molecule has 0 radical (unpaired) electrons. The number of hydrogen-bond acceptors (Lipinski definition) is 4. The van der Waals surface area contributed by atoms with Crippen molar-refractivity contribution in [1.29, 1.82) is 0 Å². The average Bonchev–Trinajstić information content (AvgIpc) is 2.67. The molecule has 0 amide bonds. The summed E-state index contributed by atoms with van der Waals surface area (Å²) >= 11 is 0. The lowest BCUT2D eigenvalue weighted by molar-refractivity contribution is 0.0323. The molecule has 0 aromatic heterocycles. The Balaban J connectivity index is 0.00000392. The Morgan fingerprint density at radius 1 is 1.32 bits per heavy atom. The van der Waals surface area contributed by atoms with Gasteiger partial charge in [-0.1, -0.05) is 13.0 Å². The number of aliphatic imine (C=N–C) groups is 1. The van der Waals surface area contributed by atoms with E-state index in [1.54, 1.807) is 6.07 Å². The van der Waals surface area contributed by atoms with Crippen LogP contribution in [0, 0.1) is 11.7 Å². The third kappa shape index (κ3) is 8.08. The number of ether oxygens (including phenoxy) is 2. The molecule has 1 aliphatic rings. The second-order valence-corrected chi connectivity index (χ2v) is 7.00. The first kappa shape index (κ1) is 24.9. The lowest BCUT2D eigenvalue weighted by Crippen LogP contribution is -2.41. The number of guanidine groups is 1. The molecule has 8 heteroatoms. The summed E-state index contributed by atoms with van der Waals surface area (Å²) in [5, 5.41) is 6.62. The summed E-state index contributed by atoms with van der Waals surface area (Å²) in [6.07, 6.45) is 0. The Kier molecular flexibility index (Phi) is 11.7. The fourth-order valence-corrected chi connectivity index (χ4v) is 3.09. The van der Waals surface area contributed by atoms with Crippen LogP contribution in [0.15, 0.2) is 23.2 Å². The van der Waals surface area contributed by atoms with Crippen molar-refractivity contribution in [3.63, 3.8) is 0 Å². The molecular formula is C20H34FIN4O2. The highest BCUT2D eigenvalue weighted by Gasteiger charge is 2.15. The quantitative estimate of drug-likeness (QED) is 0.321. The number of morpholine rings is 1. The standard InChI is InChI=1S/C20H33FN4O2.HI/c1-5-22-20(23-13-15(2)14-25-8-10-27-11-9-25)24-16(3)17-6-7-19(26-4)18(21)12-17;/h6-7,12,15-16H,5,8-11,13-14H2,1-4H3,(H2,22,23,24);1H. The van der Waals surface area contributed by atoms with Crippen LogP contribution in [0.3, 0.4) is 0 Å². The van der Waals surface area contributed by atoms with Crippen LogP contribution in [0.1, 0.15) is 32.4 Å². The molecule has 1 heterocycles. The molecule has 6 nitrogen and oxygen atoms in total. The summed E-state index contributed by atoms with van der Waals surface area (Å²) in [7, 11) is 1.47. The Morgan fingerprint density at radius 3 is 2.64 bits per heavy atom. The highest BCUT2D eigenvalue weighted by Crippen LogP contribution is 2.21. The van der Waals surface area contributed by atoms with Gasteiger partial charge >= 0.3 is 0 Å². The highest BCUT2D eigenvalue weighted by atomic mass is 127. The Bertz CT molecular complexity index is 612. The highest BCUT2D eigenvalue weighted by molar-refractivity contribution is 14.0. The third-order valence-electron chi connectivity index (χ3n) is 4.61. The molecule has 0 bridgehead atoms. The smallest absolute Gasteiger partial charge is 0.191 e. The zero-order valence-corrected chi connectivity index (χ0v) is 19.7. The summed E-state index contributed by atoms with van der Waals surface area (Å²) < 4.78 is 24.3. The van der Waals surface area contributed by atoms with E-state index in [4.69, 9.17) is 14.5 Å². The zero-order chi connectivity index (χ0) is 19.6. The number of halogens is 2. The summed E-state index contributed by atoms with van der Waals surface area (Å²) in [5.41, 5.74) is 0.847. The van der Waals surface area contributed by atoms with Gasteiger partial charge < -0.3 is 20.1 Å². The van der Waals surface area contributed by atoms with Gasteiger partial charge in [0.15, 0.2) is 17.5 Å². The van der Waals surface area contributed by atoms with E-state index in [-0.39, 0.29) is 41.6 Å². The van der Waals surface area contributed by atoms with Crippen LogP contribution < -0.4 is 15.4 Å². The van der Waals surface area contributed by atoms with Crippen LogP contribution in [-0.2, 0) is 4.74 Å². The SMILES string of the molecule is CCNC(=NCC(C)CN1CCOCC1)NC(C)c1ccc(OC)c(F)c1.I. The van der Waals surface area contributed by atoms with E-state index in [0.717, 1.165) is 57.5 Å². The molecule has 2 rings (SSSR count). The number of nitrogens with zero attached hydrogens (tertiary/aromatic N) is 2. The van der Waals surface area contributed by atoms with Crippen LogP contribution in [0.4, 0.5) is 4.39 Å². The van der Waals surface area contributed by atoms with Gasteiger partial charge in [-0.3, -0.25) is 9.89 Å². The fourth-order valence-electron chi connectivity index (χ4n) is 3.09. The molecule has 160 valence electrons. The minimum Gasteiger partial charge on any atom is -0.494 e. The van der Waals surface area contributed by atoms with Crippen LogP contribution in [0.25, 0.3) is 0 Å². The third-order valence-corrected chi connectivity index (χ3v) is 4.61. The van der Waals surface area contributed by atoms with E-state index < -0.39 is 0 Å². The monoisotopic (exact) mass is 508 g/mol. The van der Waals surface area contributed by atoms with Crippen molar-refractivity contribution in [2.75, 3.05) is 53.0 Å². The molecule has 2 N–H and O–H groups in total. The minimum atomic E-state index is -0.357. The van der Waals surface area contributed by atoms with Crippen LogP contribution in [0.5, 0.6) is 5.75 Å². The number of methoxy groups -OCH3 is 1. The van der Waals surface area contributed by atoms with Crippen molar-refractivity contribution >= 4 is 29.9 Å². The van der Waals surface area contributed by atoms with Gasteiger partial charge in [-0.2, -0.15) is 0 Å². The number of hydrogen-bond donors (Lipinski definition) is 2. The predicted octanol–water partition coefficient (Wildman–Crippen LogP) is 3.04. The molecule has 1 saturated heterocycles. The van der Waals surface area contributed by atoms with Gasteiger partial charge in [0.25, 0.3) is 0 Å². The van der Waals surface area contributed by atoms with E-state index in [1.807, 2.05) is 19.9 Å². The summed E-state index contributed by atoms with van der Waals surface area (Å²) in [4.78, 5) is 7.14.